The van der Waals surface area contributed by atoms with Gasteiger partial charge in [0, 0.05) is 38.4 Å². The van der Waals surface area contributed by atoms with Crippen LogP contribution in [0.4, 0.5) is 0 Å². The molecule has 2 rings (SSSR count). The fourth-order valence-electron chi connectivity index (χ4n) is 2.64. The van der Waals surface area contributed by atoms with E-state index in [9.17, 15) is 0 Å². The minimum atomic E-state index is 0.656. The molecule has 1 aromatic rings. The first kappa shape index (κ1) is 13.5. The van der Waals surface area contributed by atoms with E-state index in [4.69, 9.17) is 5.73 Å². The molecule has 1 aromatic heterocycles. The molecule has 0 aromatic carbocycles. The van der Waals surface area contributed by atoms with Gasteiger partial charge in [0.1, 0.15) is 0 Å². The van der Waals surface area contributed by atoms with Crippen LogP contribution in [-0.4, -0.2) is 59.1 Å². The zero-order chi connectivity index (χ0) is 13.0. The first-order chi connectivity index (χ1) is 8.69. The summed E-state index contributed by atoms with van der Waals surface area (Å²) in [4.78, 5) is 9.28. The summed E-state index contributed by atoms with van der Waals surface area (Å²) < 4.78 is 2.07. The molecule has 0 bridgehead atoms. The van der Waals surface area contributed by atoms with Gasteiger partial charge in [-0.3, -0.25) is 4.90 Å². The second kappa shape index (κ2) is 6.31. The first-order valence-corrected chi connectivity index (χ1v) is 6.78. The molecule has 0 aliphatic carbocycles. The number of rotatable bonds is 5. The Morgan fingerprint density at radius 1 is 1.56 bits per heavy atom. The van der Waals surface area contributed by atoms with Crippen molar-refractivity contribution in [1.82, 2.24) is 19.4 Å². The summed E-state index contributed by atoms with van der Waals surface area (Å²) in [6.07, 6.45) is 6.58. The van der Waals surface area contributed by atoms with Crippen molar-refractivity contribution in [2.45, 2.75) is 32.0 Å². The van der Waals surface area contributed by atoms with E-state index < -0.39 is 0 Å². The van der Waals surface area contributed by atoms with E-state index in [2.05, 4.69) is 39.6 Å². The zero-order valence-corrected chi connectivity index (χ0v) is 11.5. The van der Waals surface area contributed by atoms with Gasteiger partial charge in [-0.1, -0.05) is 0 Å². The number of nitrogens with two attached hydrogens (primary N) is 1. The van der Waals surface area contributed by atoms with E-state index in [1.807, 2.05) is 6.33 Å². The number of nitrogens with zero attached hydrogens (tertiary/aromatic N) is 4. The maximum absolute atomic E-state index is 5.54. The first-order valence-electron chi connectivity index (χ1n) is 6.78. The number of hydrogen-bond acceptors (Lipinski definition) is 4. The number of imidazole rings is 1. The van der Waals surface area contributed by atoms with Crippen LogP contribution in [0.5, 0.6) is 0 Å². The quantitative estimate of drug-likeness (QED) is 0.821. The van der Waals surface area contributed by atoms with E-state index in [0.29, 0.717) is 12.6 Å². The van der Waals surface area contributed by atoms with E-state index in [0.717, 1.165) is 18.8 Å². The summed E-state index contributed by atoms with van der Waals surface area (Å²) in [6.45, 7) is 4.84. The molecule has 2 heterocycles. The summed E-state index contributed by atoms with van der Waals surface area (Å²) >= 11 is 0. The summed E-state index contributed by atoms with van der Waals surface area (Å²) in [7, 11) is 4.40. The van der Waals surface area contributed by atoms with Gasteiger partial charge in [0.15, 0.2) is 0 Å². The fraction of sp³-hybridized carbons (Fsp3) is 0.769. The number of likely N-dealkylation sites (tertiary alicyclic amines) is 1. The minimum Gasteiger partial charge on any atom is -0.336 e. The maximum Gasteiger partial charge on any atom is 0.0950 e. The van der Waals surface area contributed by atoms with Gasteiger partial charge in [0.05, 0.1) is 12.0 Å². The Morgan fingerprint density at radius 2 is 2.39 bits per heavy atom. The third-order valence-corrected chi connectivity index (χ3v) is 3.71. The third-order valence-electron chi connectivity index (χ3n) is 3.71. The highest BCUT2D eigenvalue weighted by molar-refractivity contribution is 4.97. The van der Waals surface area contributed by atoms with Crippen LogP contribution in [0.15, 0.2) is 12.5 Å². The molecule has 1 aliphatic heterocycles. The van der Waals surface area contributed by atoms with Crippen LogP contribution >= 0.6 is 0 Å². The molecule has 0 spiro atoms. The van der Waals surface area contributed by atoms with Crippen LogP contribution in [0, 0.1) is 0 Å². The molecule has 5 nitrogen and oxygen atoms in total. The Hall–Kier alpha value is -0.910. The molecule has 0 amide bonds. The number of hydrogen-bond donors (Lipinski definition) is 1. The molecule has 0 saturated carbocycles. The highest BCUT2D eigenvalue weighted by atomic mass is 15.2. The summed E-state index contributed by atoms with van der Waals surface area (Å²) in [5.41, 5.74) is 6.68. The van der Waals surface area contributed by atoms with Crippen LogP contribution in [0.25, 0.3) is 0 Å². The summed E-state index contributed by atoms with van der Waals surface area (Å²) in [5.74, 6) is 0. The average Bonchev–Trinajstić information content (AvgIpc) is 2.77. The van der Waals surface area contributed by atoms with Gasteiger partial charge in [-0.25, -0.2) is 4.98 Å². The van der Waals surface area contributed by atoms with Crippen molar-refractivity contribution >= 4 is 0 Å². The molecule has 2 N–H and O–H groups in total. The lowest BCUT2D eigenvalue weighted by atomic mass is 10.1. The Bertz CT molecular complexity index is 362. The lowest BCUT2D eigenvalue weighted by Crippen LogP contribution is -2.44. The van der Waals surface area contributed by atoms with Gasteiger partial charge >= 0.3 is 0 Å². The Labute approximate surface area is 110 Å². The lowest BCUT2D eigenvalue weighted by Gasteiger charge is -2.35. The maximum atomic E-state index is 5.54. The number of likely N-dealkylation sites (N-methyl/N-ethyl adjacent to an activating group) is 2. The molecule has 1 unspecified atom stereocenters. The molecule has 18 heavy (non-hydrogen) atoms. The molecule has 0 radical (unpaired) electrons. The predicted octanol–water partition coefficient (Wildman–Crippen LogP) is 0.368. The molecule has 1 saturated heterocycles. The highest BCUT2D eigenvalue weighted by Gasteiger charge is 2.21. The van der Waals surface area contributed by atoms with Gasteiger partial charge in [-0.05, 0) is 33.5 Å². The number of aromatic nitrogens is 2. The van der Waals surface area contributed by atoms with Crippen molar-refractivity contribution in [3.8, 4) is 0 Å². The van der Waals surface area contributed by atoms with Gasteiger partial charge < -0.3 is 15.2 Å². The van der Waals surface area contributed by atoms with E-state index in [-0.39, 0.29) is 0 Å². The van der Waals surface area contributed by atoms with Crippen LogP contribution in [0.3, 0.4) is 0 Å². The topological polar surface area (TPSA) is 50.3 Å². The standard InChI is InChI=1S/C13H25N5/c1-16-6-3-4-13(10-16)17(2)8-12-9-18(7-5-14)11-15-12/h9,11,13H,3-8,10,14H2,1-2H3. The minimum absolute atomic E-state index is 0.656. The normalized spacial score (nSPS) is 21.7. The summed E-state index contributed by atoms with van der Waals surface area (Å²) in [6, 6.07) is 0.656. The van der Waals surface area contributed by atoms with Crippen LogP contribution < -0.4 is 5.73 Å². The van der Waals surface area contributed by atoms with Gasteiger partial charge in [0.2, 0.25) is 0 Å². The highest BCUT2D eigenvalue weighted by Crippen LogP contribution is 2.15. The van der Waals surface area contributed by atoms with Crippen LogP contribution in [0.2, 0.25) is 0 Å². The second-order valence-electron chi connectivity index (χ2n) is 5.36. The number of piperidine rings is 1. The van der Waals surface area contributed by atoms with Crippen molar-refractivity contribution in [2.24, 2.45) is 5.73 Å². The molecule has 1 fully saturated rings. The molecular formula is C13H25N5. The zero-order valence-electron chi connectivity index (χ0n) is 11.5. The Kier molecular flexibility index (Phi) is 4.74. The monoisotopic (exact) mass is 251 g/mol. The predicted molar refractivity (Wildman–Crippen MR) is 73.3 cm³/mol. The fourth-order valence-corrected chi connectivity index (χ4v) is 2.64. The van der Waals surface area contributed by atoms with Gasteiger partial charge in [0.25, 0.3) is 0 Å². The molecule has 5 heteroatoms. The van der Waals surface area contributed by atoms with Crippen molar-refractivity contribution in [1.29, 1.82) is 0 Å². The average molecular weight is 251 g/mol. The molecule has 1 aliphatic rings. The second-order valence-corrected chi connectivity index (χ2v) is 5.36. The SMILES string of the molecule is CN1CCCC(N(C)Cc2cn(CCN)cn2)C1. The van der Waals surface area contributed by atoms with Crippen molar-refractivity contribution < 1.29 is 0 Å². The van der Waals surface area contributed by atoms with Crippen molar-refractivity contribution in [2.75, 3.05) is 33.7 Å². The Balaban J connectivity index is 1.87. The smallest absolute Gasteiger partial charge is 0.0950 e. The summed E-state index contributed by atoms with van der Waals surface area (Å²) in [5, 5.41) is 0. The van der Waals surface area contributed by atoms with E-state index in [1.165, 1.54) is 25.9 Å². The van der Waals surface area contributed by atoms with E-state index in [1.54, 1.807) is 0 Å². The largest absolute Gasteiger partial charge is 0.336 e. The van der Waals surface area contributed by atoms with Crippen molar-refractivity contribution in [3.63, 3.8) is 0 Å². The van der Waals surface area contributed by atoms with Crippen LogP contribution in [0.1, 0.15) is 18.5 Å². The van der Waals surface area contributed by atoms with Gasteiger partial charge in [-0.2, -0.15) is 0 Å². The molecule has 1 atom stereocenters. The molecular weight excluding hydrogens is 226 g/mol. The molecule has 102 valence electrons. The van der Waals surface area contributed by atoms with Crippen LogP contribution in [-0.2, 0) is 13.1 Å². The Morgan fingerprint density at radius 3 is 3.11 bits per heavy atom. The lowest BCUT2D eigenvalue weighted by molar-refractivity contribution is 0.128. The van der Waals surface area contributed by atoms with Crippen molar-refractivity contribution in [3.05, 3.63) is 18.2 Å². The van der Waals surface area contributed by atoms with E-state index >= 15 is 0 Å². The third kappa shape index (κ3) is 3.54. The van der Waals surface area contributed by atoms with Gasteiger partial charge in [-0.15, -0.1) is 0 Å².